The molecule has 20 heavy (non-hydrogen) atoms. The molecule has 0 aliphatic carbocycles. The van der Waals surface area contributed by atoms with Gasteiger partial charge in [-0.3, -0.25) is 0 Å². The minimum Gasteiger partial charge on any atom is -0.310 e. The zero-order valence-electron chi connectivity index (χ0n) is 12.0. The van der Waals surface area contributed by atoms with E-state index in [-0.39, 0.29) is 23.5 Å². The van der Waals surface area contributed by atoms with Gasteiger partial charge in [0, 0.05) is 6.04 Å². The van der Waals surface area contributed by atoms with Crippen LogP contribution in [-0.2, 0) is 9.84 Å². The first kappa shape index (κ1) is 15.4. The Labute approximate surface area is 120 Å². The van der Waals surface area contributed by atoms with Crippen LogP contribution in [0.3, 0.4) is 0 Å². The molecule has 112 valence electrons. The molecule has 3 nitrogen and oxygen atoms in total. The van der Waals surface area contributed by atoms with Gasteiger partial charge in [0.25, 0.3) is 0 Å². The maximum absolute atomic E-state index is 13.5. The van der Waals surface area contributed by atoms with Crippen LogP contribution in [-0.4, -0.2) is 26.5 Å². The minimum absolute atomic E-state index is 0.0222. The molecule has 1 N–H and O–H groups in total. The third kappa shape index (κ3) is 3.79. The highest BCUT2D eigenvalue weighted by Crippen LogP contribution is 2.30. The number of sulfone groups is 1. The average Bonchev–Trinajstić information content (AvgIpc) is 2.71. The van der Waals surface area contributed by atoms with E-state index in [1.54, 1.807) is 12.1 Å². The summed E-state index contributed by atoms with van der Waals surface area (Å²) >= 11 is 0. The zero-order chi connectivity index (χ0) is 14.8. The third-order valence-corrected chi connectivity index (χ3v) is 5.80. The molecule has 1 aromatic carbocycles. The molecule has 0 amide bonds. The molecule has 2 rings (SSSR count). The molecule has 0 aromatic heterocycles. The van der Waals surface area contributed by atoms with Crippen LogP contribution in [0.4, 0.5) is 4.39 Å². The Morgan fingerprint density at radius 1 is 1.45 bits per heavy atom. The molecule has 1 heterocycles. The molecule has 0 saturated carbocycles. The first-order chi connectivity index (χ1) is 9.41. The van der Waals surface area contributed by atoms with Crippen molar-refractivity contribution in [3.63, 3.8) is 0 Å². The van der Waals surface area contributed by atoms with Gasteiger partial charge >= 0.3 is 0 Å². The fourth-order valence-corrected chi connectivity index (χ4v) is 4.82. The lowest BCUT2D eigenvalue weighted by molar-refractivity contribution is 0.419. The van der Waals surface area contributed by atoms with Crippen LogP contribution in [0.2, 0.25) is 0 Å². The predicted octanol–water partition coefficient (Wildman–Crippen LogP) is 2.61. The summed E-state index contributed by atoms with van der Waals surface area (Å²) < 4.78 is 36.6. The summed E-state index contributed by atoms with van der Waals surface area (Å²) in [6.07, 6.45) is 1.47. The van der Waals surface area contributed by atoms with Crippen molar-refractivity contribution in [1.82, 2.24) is 5.32 Å². The van der Waals surface area contributed by atoms with Crippen molar-refractivity contribution >= 4 is 9.84 Å². The quantitative estimate of drug-likeness (QED) is 0.909. The molecular weight excluding hydrogens is 277 g/mol. The van der Waals surface area contributed by atoms with Gasteiger partial charge < -0.3 is 5.32 Å². The summed E-state index contributed by atoms with van der Waals surface area (Å²) in [6.45, 7) is 4.75. The van der Waals surface area contributed by atoms with E-state index in [2.05, 4.69) is 5.32 Å². The maximum Gasteiger partial charge on any atom is 0.150 e. The Hall–Kier alpha value is -0.940. The second kappa shape index (κ2) is 6.22. The lowest BCUT2D eigenvalue weighted by Crippen LogP contribution is -2.25. The van der Waals surface area contributed by atoms with E-state index in [1.165, 1.54) is 6.07 Å². The molecule has 1 fully saturated rings. The average molecular weight is 299 g/mol. The van der Waals surface area contributed by atoms with E-state index < -0.39 is 9.84 Å². The Bertz CT molecular complexity index is 571. The molecule has 1 aromatic rings. The van der Waals surface area contributed by atoms with Crippen LogP contribution in [0.1, 0.15) is 36.9 Å². The summed E-state index contributed by atoms with van der Waals surface area (Å²) in [7, 11) is -2.86. The van der Waals surface area contributed by atoms with Gasteiger partial charge in [0.1, 0.15) is 5.82 Å². The van der Waals surface area contributed by atoms with Gasteiger partial charge in [-0.1, -0.05) is 13.0 Å². The standard InChI is InChI=1S/C15H22FNO2S/c1-3-17-15(8-12-6-7-20(18,19)10-12)14-9-13(16)5-4-11(14)2/h4-5,9,12,15,17H,3,6-8,10H2,1-2H3. The molecular formula is C15H22FNO2S. The highest BCUT2D eigenvalue weighted by molar-refractivity contribution is 7.91. The fraction of sp³-hybridized carbons (Fsp3) is 0.600. The van der Waals surface area contributed by atoms with Gasteiger partial charge in [0.15, 0.2) is 9.84 Å². The van der Waals surface area contributed by atoms with Crippen LogP contribution in [0.5, 0.6) is 0 Å². The van der Waals surface area contributed by atoms with E-state index in [4.69, 9.17) is 0 Å². The predicted molar refractivity (Wildman–Crippen MR) is 78.9 cm³/mol. The van der Waals surface area contributed by atoms with E-state index in [0.29, 0.717) is 5.75 Å². The Kier molecular flexibility index (Phi) is 4.81. The number of nitrogens with one attached hydrogen (secondary N) is 1. The van der Waals surface area contributed by atoms with Gasteiger partial charge in [-0.25, -0.2) is 12.8 Å². The second-order valence-corrected chi connectivity index (χ2v) is 7.84. The van der Waals surface area contributed by atoms with Crippen LogP contribution >= 0.6 is 0 Å². The second-order valence-electron chi connectivity index (χ2n) is 5.62. The number of aryl methyl sites for hydroxylation is 1. The summed E-state index contributed by atoms with van der Waals surface area (Å²) in [5.74, 6) is 0.487. The molecule has 2 unspecified atom stereocenters. The number of halogens is 1. The topological polar surface area (TPSA) is 46.2 Å². The SMILES string of the molecule is CCNC(CC1CCS(=O)(=O)C1)c1cc(F)ccc1C. The largest absolute Gasteiger partial charge is 0.310 e. The normalized spacial score (nSPS) is 22.9. The van der Waals surface area contributed by atoms with Gasteiger partial charge in [0.05, 0.1) is 11.5 Å². The maximum atomic E-state index is 13.5. The Balaban J connectivity index is 2.17. The summed E-state index contributed by atoms with van der Waals surface area (Å²) in [6, 6.07) is 4.82. The molecule has 0 radical (unpaired) electrons. The molecule has 0 bridgehead atoms. The minimum atomic E-state index is -2.86. The first-order valence-corrected chi connectivity index (χ1v) is 8.93. The highest BCUT2D eigenvalue weighted by atomic mass is 32.2. The molecule has 1 saturated heterocycles. The number of rotatable bonds is 5. The Morgan fingerprint density at radius 3 is 2.80 bits per heavy atom. The van der Waals surface area contributed by atoms with Crippen molar-refractivity contribution in [2.75, 3.05) is 18.1 Å². The van der Waals surface area contributed by atoms with Crippen LogP contribution in [0.25, 0.3) is 0 Å². The van der Waals surface area contributed by atoms with Crippen LogP contribution < -0.4 is 5.32 Å². The molecule has 1 aliphatic heterocycles. The van der Waals surface area contributed by atoms with Crippen molar-refractivity contribution in [3.8, 4) is 0 Å². The number of hydrogen-bond donors (Lipinski definition) is 1. The van der Waals surface area contributed by atoms with Crippen LogP contribution in [0.15, 0.2) is 18.2 Å². The van der Waals surface area contributed by atoms with Gasteiger partial charge in [-0.2, -0.15) is 0 Å². The fourth-order valence-electron chi connectivity index (χ4n) is 2.94. The van der Waals surface area contributed by atoms with Crippen molar-refractivity contribution in [2.45, 2.75) is 32.7 Å². The number of hydrogen-bond acceptors (Lipinski definition) is 3. The van der Waals surface area contributed by atoms with Crippen molar-refractivity contribution in [2.24, 2.45) is 5.92 Å². The van der Waals surface area contributed by atoms with Crippen molar-refractivity contribution in [3.05, 3.63) is 35.1 Å². The Morgan fingerprint density at radius 2 is 2.20 bits per heavy atom. The van der Waals surface area contributed by atoms with Crippen LogP contribution in [0, 0.1) is 18.7 Å². The van der Waals surface area contributed by atoms with Gasteiger partial charge in [-0.15, -0.1) is 0 Å². The lowest BCUT2D eigenvalue weighted by atomic mass is 9.91. The van der Waals surface area contributed by atoms with E-state index in [0.717, 1.165) is 30.5 Å². The third-order valence-electron chi connectivity index (χ3n) is 3.96. The highest BCUT2D eigenvalue weighted by Gasteiger charge is 2.30. The number of benzene rings is 1. The monoisotopic (exact) mass is 299 g/mol. The molecule has 2 atom stereocenters. The summed E-state index contributed by atoms with van der Waals surface area (Å²) in [5, 5.41) is 3.36. The van der Waals surface area contributed by atoms with Crippen molar-refractivity contribution < 1.29 is 12.8 Å². The summed E-state index contributed by atoms with van der Waals surface area (Å²) in [5.41, 5.74) is 1.98. The molecule has 1 aliphatic rings. The molecule has 5 heteroatoms. The summed E-state index contributed by atoms with van der Waals surface area (Å²) in [4.78, 5) is 0. The van der Waals surface area contributed by atoms with E-state index >= 15 is 0 Å². The molecule has 0 spiro atoms. The smallest absolute Gasteiger partial charge is 0.150 e. The van der Waals surface area contributed by atoms with Gasteiger partial charge in [0.2, 0.25) is 0 Å². The van der Waals surface area contributed by atoms with E-state index in [9.17, 15) is 12.8 Å². The van der Waals surface area contributed by atoms with E-state index in [1.807, 2.05) is 13.8 Å². The van der Waals surface area contributed by atoms with Gasteiger partial charge in [-0.05, 0) is 55.5 Å². The first-order valence-electron chi connectivity index (χ1n) is 7.11. The van der Waals surface area contributed by atoms with Crippen molar-refractivity contribution in [1.29, 1.82) is 0 Å². The lowest BCUT2D eigenvalue weighted by Gasteiger charge is -2.23. The zero-order valence-corrected chi connectivity index (χ0v) is 12.8.